The predicted octanol–water partition coefficient (Wildman–Crippen LogP) is 6.78. The summed E-state index contributed by atoms with van der Waals surface area (Å²) in [5.41, 5.74) is 5.94. The van der Waals surface area contributed by atoms with Crippen LogP contribution in [0.2, 0.25) is 0 Å². The van der Waals surface area contributed by atoms with E-state index in [2.05, 4.69) is 62.7 Å². The molecule has 2 nitrogen and oxygen atoms in total. The molecule has 0 fully saturated rings. The summed E-state index contributed by atoms with van der Waals surface area (Å²) in [7, 11) is 0. The Kier molecular flexibility index (Phi) is 4.66. The minimum atomic E-state index is 0.649. The summed E-state index contributed by atoms with van der Waals surface area (Å²) in [5.74, 6) is 0. The second-order valence-electron chi connectivity index (χ2n) is 5.79. The SMILES string of the molecule is N#Cc1ccc(-c2cc(-c3cccc(Br)c3)c(-c3cccs3)cn2)cc1. The second-order valence-corrected chi connectivity index (χ2v) is 7.66. The molecular weight excluding hydrogens is 404 g/mol. The minimum Gasteiger partial charge on any atom is -0.256 e. The molecule has 4 heteroatoms. The van der Waals surface area contributed by atoms with Gasteiger partial charge in [0.2, 0.25) is 0 Å². The van der Waals surface area contributed by atoms with Gasteiger partial charge in [0.15, 0.2) is 0 Å². The van der Waals surface area contributed by atoms with Gasteiger partial charge in [-0.1, -0.05) is 46.3 Å². The smallest absolute Gasteiger partial charge is 0.0991 e. The Morgan fingerprint density at radius 1 is 0.885 bits per heavy atom. The van der Waals surface area contributed by atoms with Crippen molar-refractivity contribution in [3.05, 3.63) is 88.3 Å². The van der Waals surface area contributed by atoms with Gasteiger partial charge >= 0.3 is 0 Å². The standard InChI is InChI=1S/C22H13BrN2S/c23-18-4-1-3-17(11-18)19-12-21(16-8-6-15(13-24)7-9-16)25-14-20(19)22-5-2-10-26-22/h1-12,14H. The Morgan fingerprint density at radius 3 is 2.42 bits per heavy atom. The van der Waals surface area contributed by atoms with E-state index >= 15 is 0 Å². The Labute approximate surface area is 164 Å². The van der Waals surface area contributed by atoms with E-state index in [1.54, 1.807) is 11.3 Å². The molecule has 0 bridgehead atoms. The van der Waals surface area contributed by atoms with Gasteiger partial charge in [0.25, 0.3) is 0 Å². The zero-order valence-corrected chi connectivity index (χ0v) is 16.1. The van der Waals surface area contributed by atoms with Crippen molar-refractivity contribution in [3.8, 4) is 38.9 Å². The summed E-state index contributed by atoms with van der Waals surface area (Å²) in [6.07, 6.45) is 1.94. The van der Waals surface area contributed by atoms with Crippen molar-refractivity contribution in [3.63, 3.8) is 0 Å². The van der Waals surface area contributed by atoms with Crippen LogP contribution in [0.4, 0.5) is 0 Å². The van der Waals surface area contributed by atoms with E-state index in [0.29, 0.717) is 5.56 Å². The van der Waals surface area contributed by atoms with E-state index < -0.39 is 0 Å². The number of aromatic nitrogens is 1. The number of hydrogen-bond donors (Lipinski definition) is 0. The largest absolute Gasteiger partial charge is 0.256 e. The number of hydrogen-bond acceptors (Lipinski definition) is 3. The third kappa shape index (κ3) is 3.32. The number of nitriles is 1. The Balaban J connectivity index is 1.89. The normalized spacial score (nSPS) is 10.5. The predicted molar refractivity (Wildman–Crippen MR) is 111 cm³/mol. The van der Waals surface area contributed by atoms with Crippen molar-refractivity contribution < 1.29 is 0 Å². The summed E-state index contributed by atoms with van der Waals surface area (Å²) in [6.45, 7) is 0. The van der Waals surface area contributed by atoms with Gasteiger partial charge < -0.3 is 0 Å². The molecule has 0 aliphatic carbocycles. The van der Waals surface area contributed by atoms with Crippen molar-refractivity contribution >= 4 is 27.3 Å². The van der Waals surface area contributed by atoms with Crippen molar-refractivity contribution in [1.82, 2.24) is 4.98 Å². The topological polar surface area (TPSA) is 36.7 Å². The summed E-state index contributed by atoms with van der Waals surface area (Å²) in [5, 5.41) is 11.1. The first-order valence-corrected chi connectivity index (χ1v) is 9.72. The molecule has 0 spiro atoms. The number of rotatable bonds is 3. The number of pyridine rings is 1. The lowest BCUT2D eigenvalue weighted by atomic mass is 9.98. The molecule has 0 N–H and O–H groups in total. The van der Waals surface area contributed by atoms with E-state index in [9.17, 15) is 0 Å². The van der Waals surface area contributed by atoms with Gasteiger partial charge in [0, 0.05) is 26.7 Å². The van der Waals surface area contributed by atoms with Crippen molar-refractivity contribution in [2.24, 2.45) is 0 Å². The Hall–Kier alpha value is -2.74. The average molecular weight is 417 g/mol. The molecule has 0 saturated carbocycles. The molecule has 2 aromatic heterocycles. The van der Waals surface area contributed by atoms with Crippen LogP contribution in [0.1, 0.15) is 5.56 Å². The van der Waals surface area contributed by atoms with Crippen LogP contribution in [0.25, 0.3) is 32.8 Å². The Bertz CT molecular complexity index is 1090. The highest BCUT2D eigenvalue weighted by Crippen LogP contribution is 2.37. The number of halogens is 1. The molecule has 0 radical (unpaired) electrons. The summed E-state index contributed by atoms with van der Waals surface area (Å²) in [6, 6.07) is 24.3. The van der Waals surface area contributed by atoms with E-state index in [-0.39, 0.29) is 0 Å². The fourth-order valence-corrected chi connectivity index (χ4v) is 4.00. The third-order valence-electron chi connectivity index (χ3n) is 4.14. The van der Waals surface area contributed by atoms with Gasteiger partial charge in [0.1, 0.15) is 0 Å². The van der Waals surface area contributed by atoms with E-state index in [4.69, 9.17) is 5.26 Å². The Morgan fingerprint density at radius 2 is 1.73 bits per heavy atom. The molecule has 2 heterocycles. The van der Waals surface area contributed by atoms with Crippen LogP contribution in [0.3, 0.4) is 0 Å². The maximum absolute atomic E-state index is 8.99. The summed E-state index contributed by atoms with van der Waals surface area (Å²) < 4.78 is 1.05. The maximum atomic E-state index is 8.99. The minimum absolute atomic E-state index is 0.649. The van der Waals surface area contributed by atoms with E-state index in [1.165, 1.54) is 4.88 Å². The number of nitrogens with zero attached hydrogens (tertiary/aromatic N) is 2. The molecule has 0 amide bonds. The first-order valence-electron chi connectivity index (χ1n) is 8.05. The van der Waals surface area contributed by atoms with Crippen LogP contribution in [-0.2, 0) is 0 Å². The number of thiophene rings is 1. The fourth-order valence-electron chi connectivity index (χ4n) is 2.85. The maximum Gasteiger partial charge on any atom is 0.0991 e. The van der Waals surface area contributed by atoms with Crippen molar-refractivity contribution in [2.75, 3.05) is 0 Å². The monoisotopic (exact) mass is 416 g/mol. The van der Waals surface area contributed by atoms with Gasteiger partial charge in [-0.25, -0.2) is 0 Å². The van der Waals surface area contributed by atoms with Crippen LogP contribution >= 0.6 is 27.3 Å². The lowest BCUT2D eigenvalue weighted by Gasteiger charge is -2.11. The van der Waals surface area contributed by atoms with Gasteiger partial charge in [0.05, 0.1) is 17.3 Å². The van der Waals surface area contributed by atoms with Crippen LogP contribution in [0.5, 0.6) is 0 Å². The van der Waals surface area contributed by atoms with Crippen LogP contribution in [0, 0.1) is 11.3 Å². The average Bonchev–Trinajstić information content (AvgIpc) is 3.22. The van der Waals surface area contributed by atoms with Gasteiger partial charge in [-0.3, -0.25) is 4.98 Å². The zero-order valence-electron chi connectivity index (χ0n) is 13.7. The van der Waals surface area contributed by atoms with Gasteiger partial charge in [-0.05, 0) is 52.9 Å². The molecule has 26 heavy (non-hydrogen) atoms. The first-order chi connectivity index (χ1) is 12.7. The fraction of sp³-hybridized carbons (Fsp3) is 0. The molecular formula is C22H13BrN2S. The van der Waals surface area contributed by atoms with Crippen LogP contribution in [-0.4, -0.2) is 4.98 Å². The lowest BCUT2D eigenvalue weighted by Crippen LogP contribution is -1.90. The van der Waals surface area contributed by atoms with E-state index in [0.717, 1.165) is 32.4 Å². The zero-order chi connectivity index (χ0) is 17.9. The van der Waals surface area contributed by atoms with Crippen LogP contribution < -0.4 is 0 Å². The molecule has 0 unspecified atom stereocenters. The summed E-state index contributed by atoms with van der Waals surface area (Å²) >= 11 is 5.28. The highest BCUT2D eigenvalue weighted by molar-refractivity contribution is 9.10. The first kappa shape index (κ1) is 16.7. The van der Waals surface area contributed by atoms with Crippen molar-refractivity contribution in [2.45, 2.75) is 0 Å². The van der Waals surface area contributed by atoms with Gasteiger partial charge in [-0.15, -0.1) is 11.3 Å². The molecule has 4 aromatic rings. The highest BCUT2D eigenvalue weighted by atomic mass is 79.9. The van der Waals surface area contributed by atoms with E-state index in [1.807, 2.05) is 42.6 Å². The second kappa shape index (κ2) is 7.25. The lowest BCUT2D eigenvalue weighted by molar-refractivity contribution is 1.33. The van der Waals surface area contributed by atoms with Crippen LogP contribution in [0.15, 0.2) is 82.8 Å². The molecule has 0 aliphatic rings. The van der Waals surface area contributed by atoms with Crippen molar-refractivity contribution in [1.29, 1.82) is 5.26 Å². The molecule has 4 rings (SSSR count). The van der Waals surface area contributed by atoms with Gasteiger partial charge in [-0.2, -0.15) is 5.26 Å². The molecule has 2 aromatic carbocycles. The highest BCUT2D eigenvalue weighted by Gasteiger charge is 2.12. The molecule has 0 saturated heterocycles. The third-order valence-corrected chi connectivity index (χ3v) is 5.53. The quantitative estimate of drug-likeness (QED) is 0.369. The molecule has 124 valence electrons. The molecule has 0 aliphatic heterocycles. The summed E-state index contributed by atoms with van der Waals surface area (Å²) in [4.78, 5) is 5.87. The number of benzene rings is 2. The molecule has 0 atom stereocenters.